The highest BCUT2D eigenvalue weighted by Gasteiger charge is 2.21. The summed E-state index contributed by atoms with van der Waals surface area (Å²) in [6.45, 7) is 2.53. The molecule has 0 unspecified atom stereocenters. The molecule has 0 fully saturated rings. The van der Waals surface area contributed by atoms with Gasteiger partial charge >= 0.3 is 0 Å². The van der Waals surface area contributed by atoms with Gasteiger partial charge in [0.05, 0.1) is 5.69 Å². The van der Waals surface area contributed by atoms with Gasteiger partial charge in [-0.3, -0.25) is 9.59 Å². The fourth-order valence-corrected chi connectivity index (χ4v) is 3.74. The maximum atomic E-state index is 12.6. The van der Waals surface area contributed by atoms with E-state index in [1.807, 2.05) is 30.0 Å². The molecule has 0 spiro atoms. The van der Waals surface area contributed by atoms with Crippen LogP contribution in [-0.4, -0.2) is 30.6 Å². The molecule has 0 N–H and O–H groups in total. The second-order valence-electron chi connectivity index (χ2n) is 5.80. The Balaban J connectivity index is 1.65. The van der Waals surface area contributed by atoms with Crippen molar-refractivity contribution < 1.29 is 14.3 Å². The summed E-state index contributed by atoms with van der Waals surface area (Å²) < 4.78 is 5.64. The summed E-state index contributed by atoms with van der Waals surface area (Å²) >= 11 is 1.78. The zero-order chi connectivity index (χ0) is 17.6. The monoisotopic (exact) mass is 355 g/mol. The number of carbonyl (C=O) groups excluding carboxylic acids is 2. The highest BCUT2D eigenvalue weighted by atomic mass is 32.2. The molecule has 3 rings (SSSR count). The Kier molecular flexibility index (Phi) is 5.76. The van der Waals surface area contributed by atoms with Crippen LogP contribution in [0.1, 0.15) is 30.1 Å². The molecule has 1 aliphatic heterocycles. The lowest BCUT2D eigenvalue weighted by Crippen LogP contribution is -2.35. The van der Waals surface area contributed by atoms with Crippen molar-refractivity contribution in [3.63, 3.8) is 0 Å². The Labute approximate surface area is 152 Å². The third-order valence-corrected chi connectivity index (χ3v) is 5.25. The largest absolute Gasteiger partial charge is 0.484 e. The molecular formula is C20H21NO3S. The van der Waals surface area contributed by atoms with Gasteiger partial charge in [0.2, 0.25) is 0 Å². The van der Waals surface area contributed by atoms with Gasteiger partial charge in [-0.2, -0.15) is 0 Å². The third kappa shape index (κ3) is 4.23. The maximum absolute atomic E-state index is 12.6. The van der Waals surface area contributed by atoms with Crippen LogP contribution in [0.25, 0.3) is 0 Å². The number of carbonyl (C=O) groups is 2. The van der Waals surface area contributed by atoms with Crippen molar-refractivity contribution in [1.29, 1.82) is 0 Å². The Morgan fingerprint density at radius 2 is 1.88 bits per heavy atom. The minimum Gasteiger partial charge on any atom is -0.484 e. The Bertz CT molecular complexity index is 758. The number of para-hydroxylation sites is 1. The number of hydrogen-bond acceptors (Lipinski definition) is 4. The van der Waals surface area contributed by atoms with Crippen LogP contribution in [0.2, 0.25) is 0 Å². The van der Waals surface area contributed by atoms with Crippen molar-refractivity contribution in [2.24, 2.45) is 0 Å². The predicted molar refractivity (Wildman–Crippen MR) is 101 cm³/mol. The topological polar surface area (TPSA) is 46.6 Å². The zero-order valence-electron chi connectivity index (χ0n) is 14.2. The van der Waals surface area contributed by atoms with Crippen LogP contribution >= 0.6 is 11.8 Å². The van der Waals surface area contributed by atoms with Crippen LogP contribution in [-0.2, 0) is 4.79 Å². The van der Waals surface area contributed by atoms with Gasteiger partial charge in [-0.1, -0.05) is 19.1 Å². The van der Waals surface area contributed by atoms with E-state index in [-0.39, 0.29) is 18.3 Å². The predicted octanol–water partition coefficient (Wildman–Crippen LogP) is 4.19. The Morgan fingerprint density at radius 1 is 1.12 bits per heavy atom. The summed E-state index contributed by atoms with van der Waals surface area (Å²) in [4.78, 5) is 27.2. The van der Waals surface area contributed by atoms with E-state index in [1.165, 1.54) is 0 Å². The van der Waals surface area contributed by atoms with Crippen molar-refractivity contribution in [1.82, 2.24) is 0 Å². The second-order valence-corrected chi connectivity index (χ2v) is 6.94. The molecule has 1 heterocycles. The number of fused-ring (bicyclic) bond motifs is 1. The van der Waals surface area contributed by atoms with E-state index in [2.05, 4.69) is 6.07 Å². The van der Waals surface area contributed by atoms with E-state index in [9.17, 15) is 9.59 Å². The average Bonchev–Trinajstić information content (AvgIpc) is 2.88. The molecular weight excluding hydrogens is 334 g/mol. The highest BCUT2D eigenvalue weighted by molar-refractivity contribution is 7.99. The molecule has 0 atom stereocenters. The molecule has 0 bridgehead atoms. The van der Waals surface area contributed by atoms with Crippen molar-refractivity contribution in [2.75, 3.05) is 23.8 Å². The zero-order valence-corrected chi connectivity index (χ0v) is 15.1. The van der Waals surface area contributed by atoms with E-state index < -0.39 is 0 Å². The lowest BCUT2D eigenvalue weighted by atomic mass is 10.1. The van der Waals surface area contributed by atoms with Gasteiger partial charge in [-0.25, -0.2) is 0 Å². The van der Waals surface area contributed by atoms with Crippen molar-refractivity contribution in [3.05, 3.63) is 54.1 Å². The number of thioether (sulfide) groups is 1. The number of ketones is 1. The van der Waals surface area contributed by atoms with E-state index in [0.29, 0.717) is 24.3 Å². The number of hydrogen-bond donors (Lipinski definition) is 0. The van der Waals surface area contributed by atoms with Crippen LogP contribution < -0.4 is 9.64 Å². The molecule has 1 amide bonds. The lowest BCUT2D eigenvalue weighted by Gasteiger charge is -2.22. The molecule has 0 aliphatic carbocycles. The molecule has 130 valence electrons. The van der Waals surface area contributed by atoms with Gasteiger partial charge in [0.15, 0.2) is 12.4 Å². The van der Waals surface area contributed by atoms with Crippen LogP contribution in [0, 0.1) is 0 Å². The van der Waals surface area contributed by atoms with Gasteiger partial charge < -0.3 is 9.64 Å². The Morgan fingerprint density at radius 3 is 2.64 bits per heavy atom. The van der Waals surface area contributed by atoms with Gasteiger partial charge in [-0.15, -0.1) is 11.8 Å². The van der Waals surface area contributed by atoms with E-state index >= 15 is 0 Å². The number of ether oxygens (including phenoxy) is 1. The SMILES string of the molecule is CCC(=O)c1ccc(OCC(=O)N2CCCSc3ccccc32)cc1. The summed E-state index contributed by atoms with van der Waals surface area (Å²) in [5, 5.41) is 0. The second kappa shape index (κ2) is 8.21. The first kappa shape index (κ1) is 17.5. The van der Waals surface area contributed by atoms with Gasteiger partial charge in [0.1, 0.15) is 5.75 Å². The van der Waals surface area contributed by atoms with Crippen molar-refractivity contribution in [3.8, 4) is 5.75 Å². The minimum absolute atomic E-state index is 0.0138. The Hall–Kier alpha value is -2.27. The molecule has 2 aromatic carbocycles. The average molecular weight is 355 g/mol. The number of benzene rings is 2. The fourth-order valence-electron chi connectivity index (χ4n) is 2.75. The lowest BCUT2D eigenvalue weighted by molar-refractivity contribution is -0.120. The van der Waals surface area contributed by atoms with Gasteiger partial charge in [0.25, 0.3) is 5.91 Å². The maximum Gasteiger partial charge on any atom is 0.264 e. The normalized spacial score (nSPS) is 13.7. The number of rotatable bonds is 5. The molecule has 4 nitrogen and oxygen atoms in total. The molecule has 1 aliphatic rings. The van der Waals surface area contributed by atoms with Crippen LogP contribution in [0.3, 0.4) is 0 Å². The number of nitrogens with zero attached hydrogens (tertiary/aromatic N) is 1. The quantitative estimate of drug-likeness (QED) is 0.755. The summed E-state index contributed by atoms with van der Waals surface area (Å²) in [6.07, 6.45) is 1.43. The number of Topliss-reactive ketones (excluding diaryl/α,β-unsaturated/α-hetero) is 1. The highest BCUT2D eigenvalue weighted by Crippen LogP contribution is 2.33. The van der Waals surface area contributed by atoms with Gasteiger partial charge in [0, 0.05) is 23.4 Å². The van der Waals surface area contributed by atoms with E-state index in [0.717, 1.165) is 22.8 Å². The van der Waals surface area contributed by atoms with Gasteiger partial charge in [-0.05, 0) is 48.6 Å². The summed E-state index contributed by atoms with van der Waals surface area (Å²) in [6, 6.07) is 14.9. The summed E-state index contributed by atoms with van der Waals surface area (Å²) in [5.74, 6) is 1.65. The first-order chi connectivity index (χ1) is 12.2. The van der Waals surface area contributed by atoms with Crippen LogP contribution in [0.5, 0.6) is 5.75 Å². The molecule has 0 aromatic heterocycles. The van der Waals surface area contributed by atoms with E-state index in [4.69, 9.17) is 4.74 Å². The number of amides is 1. The first-order valence-corrected chi connectivity index (χ1v) is 9.46. The summed E-state index contributed by atoms with van der Waals surface area (Å²) in [7, 11) is 0. The first-order valence-electron chi connectivity index (χ1n) is 8.47. The minimum atomic E-state index is -0.0522. The molecule has 0 saturated heterocycles. The van der Waals surface area contributed by atoms with Crippen LogP contribution in [0.4, 0.5) is 5.69 Å². The number of anilines is 1. The molecule has 25 heavy (non-hydrogen) atoms. The molecule has 0 radical (unpaired) electrons. The third-order valence-electron chi connectivity index (χ3n) is 4.10. The van der Waals surface area contributed by atoms with Crippen molar-refractivity contribution in [2.45, 2.75) is 24.7 Å². The standard InChI is InChI=1S/C20H21NO3S/c1-2-18(22)15-8-10-16(11-9-15)24-14-20(23)21-12-5-13-25-19-7-4-3-6-17(19)21/h3-4,6-11H,2,5,12-14H2,1H3. The molecule has 0 saturated carbocycles. The summed E-state index contributed by atoms with van der Waals surface area (Å²) in [5.41, 5.74) is 1.63. The smallest absolute Gasteiger partial charge is 0.264 e. The molecule has 2 aromatic rings. The van der Waals surface area contributed by atoms with E-state index in [1.54, 1.807) is 36.0 Å². The van der Waals surface area contributed by atoms with Crippen LogP contribution in [0.15, 0.2) is 53.4 Å². The fraction of sp³-hybridized carbons (Fsp3) is 0.300. The molecule has 5 heteroatoms. The van der Waals surface area contributed by atoms with Crippen molar-refractivity contribution >= 4 is 29.1 Å².